The molecule has 0 aliphatic heterocycles. The largest absolute Gasteiger partial charge is 0.324 e. The van der Waals surface area contributed by atoms with Crippen LogP contribution in [0.15, 0.2) is 18.2 Å². The summed E-state index contributed by atoms with van der Waals surface area (Å²) in [4.78, 5) is 0. The molecule has 0 aliphatic carbocycles. The van der Waals surface area contributed by atoms with Gasteiger partial charge in [-0.05, 0) is 44.0 Å². The van der Waals surface area contributed by atoms with Gasteiger partial charge in [0.15, 0.2) is 0 Å². The van der Waals surface area contributed by atoms with Crippen molar-refractivity contribution in [3.05, 3.63) is 50.8 Å². The lowest BCUT2D eigenvalue weighted by Gasteiger charge is -2.16. The predicted molar refractivity (Wildman–Crippen MR) is 84.5 cm³/mol. The van der Waals surface area contributed by atoms with E-state index in [0.29, 0.717) is 11.4 Å². The molecule has 1 unspecified atom stereocenters. The molecule has 3 nitrogen and oxygen atoms in total. The van der Waals surface area contributed by atoms with Crippen molar-refractivity contribution in [1.29, 1.82) is 0 Å². The van der Waals surface area contributed by atoms with Crippen LogP contribution in [-0.2, 0) is 13.0 Å². The van der Waals surface area contributed by atoms with E-state index in [1.165, 1.54) is 0 Å². The van der Waals surface area contributed by atoms with Gasteiger partial charge in [0.25, 0.3) is 0 Å². The van der Waals surface area contributed by atoms with Gasteiger partial charge >= 0.3 is 0 Å². The van der Waals surface area contributed by atoms with Crippen molar-refractivity contribution >= 4 is 23.2 Å². The molecule has 20 heavy (non-hydrogen) atoms. The summed E-state index contributed by atoms with van der Waals surface area (Å²) < 4.78 is 1.92. The second-order valence-corrected chi connectivity index (χ2v) is 5.79. The highest BCUT2D eigenvalue weighted by molar-refractivity contribution is 6.32. The van der Waals surface area contributed by atoms with Gasteiger partial charge in [0.2, 0.25) is 0 Å². The van der Waals surface area contributed by atoms with Crippen molar-refractivity contribution < 1.29 is 0 Å². The third-order valence-corrected chi connectivity index (χ3v) is 4.22. The van der Waals surface area contributed by atoms with Crippen LogP contribution in [0.2, 0.25) is 10.0 Å². The molecule has 108 valence electrons. The van der Waals surface area contributed by atoms with E-state index in [1.807, 2.05) is 43.7 Å². The Morgan fingerprint density at radius 1 is 1.30 bits per heavy atom. The first-order valence-corrected chi connectivity index (χ1v) is 7.43. The maximum Gasteiger partial charge on any atom is 0.0847 e. The van der Waals surface area contributed by atoms with Crippen LogP contribution in [-0.4, -0.2) is 9.78 Å². The van der Waals surface area contributed by atoms with Gasteiger partial charge in [-0.3, -0.25) is 4.68 Å². The Hall–Kier alpha value is -1.03. The SMILES string of the molecule is CCn1nc(C)c(Cl)c1CC(N)c1ccc(Cl)cc1C. The van der Waals surface area contributed by atoms with Crippen LogP contribution in [0.3, 0.4) is 0 Å². The van der Waals surface area contributed by atoms with Gasteiger partial charge in [-0.25, -0.2) is 0 Å². The molecule has 0 radical (unpaired) electrons. The highest BCUT2D eigenvalue weighted by Gasteiger charge is 2.17. The number of nitrogens with zero attached hydrogens (tertiary/aromatic N) is 2. The second kappa shape index (κ2) is 6.17. The van der Waals surface area contributed by atoms with E-state index in [1.54, 1.807) is 0 Å². The summed E-state index contributed by atoms with van der Waals surface area (Å²) in [6, 6.07) is 5.66. The van der Waals surface area contributed by atoms with E-state index in [4.69, 9.17) is 28.9 Å². The van der Waals surface area contributed by atoms with Crippen molar-refractivity contribution in [2.24, 2.45) is 5.73 Å². The topological polar surface area (TPSA) is 43.8 Å². The summed E-state index contributed by atoms with van der Waals surface area (Å²) in [6.45, 7) is 6.77. The van der Waals surface area contributed by atoms with E-state index in [0.717, 1.165) is 34.1 Å². The molecule has 0 bridgehead atoms. The molecule has 1 atom stereocenters. The quantitative estimate of drug-likeness (QED) is 0.925. The molecule has 5 heteroatoms. The molecule has 0 fully saturated rings. The van der Waals surface area contributed by atoms with Crippen molar-refractivity contribution in [1.82, 2.24) is 9.78 Å². The zero-order chi connectivity index (χ0) is 14.9. The summed E-state index contributed by atoms with van der Waals surface area (Å²) >= 11 is 12.3. The molecule has 1 heterocycles. The fourth-order valence-corrected chi connectivity index (χ4v) is 2.88. The molecular weight excluding hydrogens is 293 g/mol. The fraction of sp³-hybridized carbons (Fsp3) is 0.400. The Morgan fingerprint density at radius 2 is 2.00 bits per heavy atom. The number of aryl methyl sites for hydroxylation is 3. The number of nitrogens with two attached hydrogens (primary N) is 1. The molecule has 1 aromatic heterocycles. The van der Waals surface area contributed by atoms with Crippen LogP contribution in [0.5, 0.6) is 0 Å². The molecule has 0 amide bonds. The molecule has 0 aliphatic rings. The molecule has 0 spiro atoms. The fourth-order valence-electron chi connectivity index (χ4n) is 2.44. The summed E-state index contributed by atoms with van der Waals surface area (Å²) in [5, 5.41) is 5.86. The van der Waals surface area contributed by atoms with E-state index < -0.39 is 0 Å². The second-order valence-electron chi connectivity index (χ2n) is 4.97. The van der Waals surface area contributed by atoms with E-state index in [2.05, 4.69) is 5.10 Å². The Bertz CT molecular complexity index is 620. The molecule has 2 aromatic rings. The normalized spacial score (nSPS) is 12.7. The summed E-state index contributed by atoms with van der Waals surface area (Å²) in [7, 11) is 0. The number of halogens is 2. The van der Waals surface area contributed by atoms with Gasteiger partial charge in [0.05, 0.1) is 16.4 Å². The van der Waals surface area contributed by atoms with Gasteiger partial charge in [0.1, 0.15) is 0 Å². The van der Waals surface area contributed by atoms with Crippen LogP contribution in [0.4, 0.5) is 0 Å². The number of aromatic nitrogens is 2. The zero-order valence-corrected chi connectivity index (χ0v) is 13.5. The molecule has 0 saturated heterocycles. The van der Waals surface area contributed by atoms with Crippen LogP contribution < -0.4 is 5.73 Å². The van der Waals surface area contributed by atoms with Crippen LogP contribution >= 0.6 is 23.2 Å². The average Bonchev–Trinajstić information content (AvgIpc) is 2.66. The van der Waals surface area contributed by atoms with Crippen LogP contribution in [0.1, 0.15) is 35.5 Å². The van der Waals surface area contributed by atoms with E-state index in [-0.39, 0.29) is 6.04 Å². The summed E-state index contributed by atoms with van der Waals surface area (Å²) in [6.07, 6.45) is 0.663. The highest BCUT2D eigenvalue weighted by atomic mass is 35.5. The standard InChI is InChI=1S/C15H19Cl2N3/c1-4-20-14(15(17)10(3)19-20)8-13(18)12-6-5-11(16)7-9(12)2/h5-7,13H,4,8,18H2,1-3H3. The van der Waals surface area contributed by atoms with E-state index in [9.17, 15) is 0 Å². The third kappa shape index (κ3) is 3.00. The average molecular weight is 312 g/mol. The summed E-state index contributed by atoms with van der Waals surface area (Å²) in [5.41, 5.74) is 10.4. The molecule has 2 rings (SSSR count). The molecule has 1 aromatic carbocycles. The predicted octanol–water partition coefficient (Wildman–Crippen LogP) is 4.07. The van der Waals surface area contributed by atoms with Crippen LogP contribution in [0, 0.1) is 13.8 Å². The maximum absolute atomic E-state index is 6.34. The van der Waals surface area contributed by atoms with Crippen molar-refractivity contribution in [3.8, 4) is 0 Å². The first kappa shape index (κ1) is 15.4. The zero-order valence-electron chi connectivity index (χ0n) is 12.0. The number of hydrogen-bond donors (Lipinski definition) is 1. The molecular formula is C15H19Cl2N3. The smallest absolute Gasteiger partial charge is 0.0847 e. The van der Waals surface area contributed by atoms with Gasteiger partial charge in [-0.15, -0.1) is 0 Å². The first-order valence-electron chi connectivity index (χ1n) is 6.67. The van der Waals surface area contributed by atoms with Crippen molar-refractivity contribution in [2.45, 2.75) is 39.8 Å². The number of rotatable bonds is 4. The lowest BCUT2D eigenvalue weighted by atomic mass is 9.98. The Kier molecular flexibility index (Phi) is 4.74. The third-order valence-electron chi connectivity index (χ3n) is 3.50. The Balaban J connectivity index is 2.30. The number of benzene rings is 1. The minimum Gasteiger partial charge on any atom is -0.324 e. The first-order chi connectivity index (χ1) is 9.43. The maximum atomic E-state index is 6.34. The highest BCUT2D eigenvalue weighted by Crippen LogP contribution is 2.27. The van der Waals surface area contributed by atoms with Gasteiger partial charge in [-0.1, -0.05) is 29.3 Å². The van der Waals surface area contributed by atoms with E-state index >= 15 is 0 Å². The number of hydrogen-bond acceptors (Lipinski definition) is 2. The monoisotopic (exact) mass is 311 g/mol. The van der Waals surface area contributed by atoms with Crippen molar-refractivity contribution in [3.63, 3.8) is 0 Å². The van der Waals surface area contributed by atoms with Gasteiger partial charge in [0, 0.05) is 24.0 Å². The van der Waals surface area contributed by atoms with Gasteiger partial charge < -0.3 is 5.73 Å². The molecule has 0 saturated carbocycles. The minimum atomic E-state index is -0.119. The lowest BCUT2D eigenvalue weighted by Crippen LogP contribution is -2.17. The van der Waals surface area contributed by atoms with Crippen molar-refractivity contribution in [2.75, 3.05) is 0 Å². The minimum absolute atomic E-state index is 0.119. The summed E-state index contributed by atoms with van der Waals surface area (Å²) in [5.74, 6) is 0. The molecule has 2 N–H and O–H groups in total. The lowest BCUT2D eigenvalue weighted by molar-refractivity contribution is 0.586. The van der Waals surface area contributed by atoms with Crippen LogP contribution in [0.25, 0.3) is 0 Å². The van der Waals surface area contributed by atoms with Gasteiger partial charge in [-0.2, -0.15) is 5.10 Å². The Labute approximate surface area is 129 Å². The Morgan fingerprint density at radius 3 is 2.60 bits per heavy atom.